The maximum atomic E-state index is 11.9. The molecule has 3 rings (SSSR count). The van der Waals surface area contributed by atoms with Crippen molar-refractivity contribution in [2.75, 3.05) is 18.9 Å². The maximum Gasteiger partial charge on any atom is 0.509 e. The second kappa shape index (κ2) is 9.89. The van der Waals surface area contributed by atoms with E-state index in [2.05, 4.69) is 16.7 Å². The summed E-state index contributed by atoms with van der Waals surface area (Å²) in [5.74, 6) is -0.239. The molecule has 0 saturated carbocycles. The molecule has 162 valence electrons. The molecule has 0 bridgehead atoms. The van der Waals surface area contributed by atoms with Gasteiger partial charge in [0.2, 0.25) is 5.60 Å². The third-order valence-electron chi connectivity index (χ3n) is 4.44. The summed E-state index contributed by atoms with van der Waals surface area (Å²) in [5, 5.41) is 10.7. The zero-order valence-corrected chi connectivity index (χ0v) is 17.1. The molecular weight excluding hydrogens is 394 g/mol. The topological polar surface area (TPSA) is 151 Å². The van der Waals surface area contributed by atoms with Crippen molar-refractivity contribution in [3.05, 3.63) is 24.2 Å². The second-order valence-electron chi connectivity index (χ2n) is 6.92. The Morgan fingerprint density at radius 3 is 2.77 bits per heavy atom. The third-order valence-corrected chi connectivity index (χ3v) is 4.44. The molecule has 0 spiro atoms. The average molecular weight is 419 g/mol. The molecule has 2 N–H and O–H groups in total. The molecule has 1 saturated heterocycles. The van der Waals surface area contributed by atoms with Gasteiger partial charge in [-0.05, 0) is 45.7 Å². The van der Waals surface area contributed by atoms with E-state index in [1.807, 2.05) is 12.1 Å². The molecule has 30 heavy (non-hydrogen) atoms. The Hall–Kier alpha value is -3.39. The van der Waals surface area contributed by atoms with Crippen LogP contribution in [0.3, 0.4) is 0 Å². The van der Waals surface area contributed by atoms with Crippen LogP contribution in [0.25, 0.3) is 5.52 Å². The smallest absolute Gasteiger partial charge is 0.463 e. The highest BCUT2D eigenvalue weighted by molar-refractivity contribution is 5.81. The quantitative estimate of drug-likeness (QED) is 0.689. The molecule has 0 amide bonds. The van der Waals surface area contributed by atoms with Crippen molar-refractivity contribution in [3.63, 3.8) is 0 Å². The highest BCUT2D eigenvalue weighted by atomic mass is 16.7. The minimum Gasteiger partial charge on any atom is -0.463 e. The SMILES string of the molecule is C#N.CCOC(=O)C(C)(C)OC(=O)OCC1CCC(c2ccc3c(N)ncnn23)O1. The van der Waals surface area contributed by atoms with E-state index < -0.39 is 17.7 Å². The van der Waals surface area contributed by atoms with Crippen molar-refractivity contribution in [1.29, 1.82) is 5.26 Å². The highest BCUT2D eigenvalue weighted by Crippen LogP contribution is 2.34. The number of aromatic nitrogens is 3. The van der Waals surface area contributed by atoms with E-state index in [0.717, 1.165) is 12.1 Å². The van der Waals surface area contributed by atoms with E-state index >= 15 is 0 Å². The number of anilines is 1. The van der Waals surface area contributed by atoms with Crippen molar-refractivity contribution in [3.8, 4) is 6.57 Å². The van der Waals surface area contributed by atoms with Gasteiger partial charge in [0.1, 0.15) is 24.6 Å². The van der Waals surface area contributed by atoms with Crippen LogP contribution in [0.1, 0.15) is 45.4 Å². The number of esters is 1. The van der Waals surface area contributed by atoms with Crippen LogP contribution in [0.5, 0.6) is 0 Å². The number of ether oxygens (including phenoxy) is 4. The van der Waals surface area contributed by atoms with Crippen molar-refractivity contribution in [2.45, 2.75) is 51.4 Å². The number of nitrogens with two attached hydrogens (primary N) is 1. The van der Waals surface area contributed by atoms with Gasteiger partial charge in [0, 0.05) is 6.57 Å². The number of fused-ring (bicyclic) bond motifs is 1. The lowest BCUT2D eigenvalue weighted by Gasteiger charge is -2.22. The molecule has 0 radical (unpaired) electrons. The van der Waals surface area contributed by atoms with Crippen molar-refractivity contribution >= 4 is 23.5 Å². The Balaban J connectivity index is 0.00000155. The lowest BCUT2D eigenvalue weighted by atomic mass is 10.1. The van der Waals surface area contributed by atoms with Crippen molar-refractivity contribution < 1.29 is 28.5 Å². The molecule has 3 heterocycles. The summed E-state index contributed by atoms with van der Waals surface area (Å²) in [7, 11) is 0. The summed E-state index contributed by atoms with van der Waals surface area (Å²) in [4.78, 5) is 27.6. The largest absolute Gasteiger partial charge is 0.509 e. The lowest BCUT2D eigenvalue weighted by Crippen LogP contribution is -2.39. The highest BCUT2D eigenvalue weighted by Gasteiger charge is 2.35. The Morgan fingerprint density at radius 2 is 2.07 bits per heavy atom. The fraction of sp³-hybridized carbons (Fsp3) is 0.526. The van der Waals surface area contributed by atoms with Gasteiger partial charge in [-0.3, -0.25) is 0 Å². The molecule has 11 nitrogen and oxygen atoms in total. The normalized spacial score (nSPS) is 18.3. The predicted octanol–water partition coefficient (Wildman–Crippen LogP) is 2.17. The van der Waals surface area contributed by atoms with E-state index in [4.69, 9.17) is 29.9 Å². The Morgan fingerprint density at radius 1 is 1.33 bits per heavy atom. The lowest BCUT2D eigenvalue weighted by molar-refractivity contribution is -0.164. The molecule has 0 aromatic carbocycles. The van der Waals surface area contributed by atoms with Crippen LogP contribution in [0.4, 0.5) is 10.6 Å². The zero-order chi connectivity index (χ0) is 22.3. The van der Waals surface area contributed by atoms with Crippen LogP contribution >= 0.6 is 0 Å². The van der Waals surface area contributed by atoms with E-state index in [-0.39, 0.29) is 25.4 Å². The van der Waals surface area contributed by atoms with Gasteiger partial charge in [0.25, 0.3) is 0 Å². The molecule has 11 heteroatoms. The number of nitriles is 1. The maximum absolute atomic E-state index is 11.9. The van der Waals surface area contributed by atoms with Crippen LogP contribution in [0.2, 0.25) is 0 Å². The number of hydrogen-bond donors (Lipinski definition) is 1. The summed E-state index contributed by atoms with van der Waals surface area (Å²) in [6, 6.07) is 3.73. The molecule has 2 atom stereocenters. The molecule has 1 fully saturated rings. The number of rotatable bonds is 6. The van der Waals surface area contributed by atoms with Crippen LogP contribution in [0, 0.1) is 11.8 Å². The van der Waals surface area contributed by atoms with Gasteiger partial charge in [-0.25, -0.2) is 24.4 Å². The van der Waals surface area contributed by atoms with Crippen LogP contribution in [-0.4, -0.2) is 51.6 Å². The minimum atomic E-state index is -1.42. The van der Waals surface area contributed by atoms with Gasteiger partial charge in [0.15, 0.2) is 5.82 Å². The number of nitrogen functional groups attached to an aromatic ring is 1. The van der Waals surface area contributed by atoms with E-state index in [0.29, 0.717) is 17.8 Å². The monoisotopic (exact) mass is 419 g/mol. The van der Waals surface area contributed by atoms with Gasteiger partial charge in [0.05, 0.1) is 18.4 Å². The minimum absolute atomic E-state index is 0.0225. The molecule has 2 aromatic rings. The third kappa shape index (κ3) is 5.15. The first-order valence-corrected chi connectivity index (χ1v) is 9.34. The zero-order valence-electron chi connectivity index (χ0n) is 17.1. The Labute approximate surface area is 173 Å². The predicted molar refractivity (Wildman–Crippen MR) is 104 cm³/mol. The van der Waals surface area contributed by atoms with Gasteiger partial charge >= 0.3 is 12.1 Å². The first-order valence-electron chi connectivity index (χ1n) is 9.34. The Bertz CT molecular complexity index is 909. The summed E-state index contributed by atoms with van der Waals surface area (Å²) in [5.41, 5.74) is 6.00. The molecule has 2 aromatic heterocycles. The van der Waals surface area contributed by atoms with Crippen LogP contribution in [-0.2, 0) is 23.7 Å². The number of carbonyl (C=O) groups is 2. The summed E-state index contributed by atoms with van der Waals surface area (Å²) >= 11 is 0. The molecule has 2 unspecified atom stereocenters. The van der Waals surface area contributed by atoms with Gasteiger partial charge in [-0.15, -0.1) is 0 Å². The summed E-state index contributed by atoms with van der Waals surface area (Å²) < 4.78 is 22.7. The molecule has 0 aliphatic carbocycles. The first kappa shape index (κ1) is 22.9. The van der Waals surface area contributed by atoms with Crippen LogP contribution in [0.15, 0.2) is 18.5 Å². The number of hydrogen-bond acceptors (Lipinski definition) is 10. The van der Waals surface area contributed by atoms with Gasteiger partial charge < -0.3 is 24.7 Å². The second-order valence-corrected chi connectivity index (χ2v) is 6.92. The van der Waals surface area contributed by atoms with Gasteiger partial charge in [-0.1, -0.05) is 0 Å². The average Bonchev–Trinajstić information content (AvgIpc) is 3.35. The number of carbonyl (C=O) groups excluding carboxylic acids is 2. The van der Waals surface area contributed by atoms with E-state index in [1.54, 1.807) is 11.4 Å². The standard InChI is InChI=1S/C18H24N4O6.CHN/c1-4-25-16(23)18(2,3)28-17(24)26-9-11-5-8-14(27-11)12-6-7-13-15(19)20-10-21-22(12)13;1-2/h6-7,10-11,14H,4-5,8-9H2,1-3H3,(H2,19,20,21);1H. The van der Waals surface area contributed by atoms with E-state index in [1.165, 1.54) is 20.2 Å². The molecule has 1 aliphatic rings. The van der Waals surface area contributed by atoms with Crippen molar-refractivity contribution in [2.24, 2.45) is 0 Å². The van der Waals surface area contributed by atoms with Crippen molar-refractivity contribution in [1.82, 2.24) is 14.6 Å². The molecule has 1 aliphatic heterocycles. The summed E-state index contributed by atoms with van der Waals surface area (Å²) in [6.07, 6.45) is 1.41. The van der Waals surface area contributed by atoms with Crippen LogP contribution < -0.4 is 5.73 Å². The molecular formula is C19H25N5O6. The summed E-state index contributed by atoms with van der Waals surface area (Å²) in [6.45, 7) is 8.28. The Kier molecular flexibility index (Phi) is 7.54. The number of nitrogens with zero attached hydrogens (tertiary/aromatic N) is 4. The van der Waals surface area contributed by atoms with Gasteiger partial charge in [-0.2, -0.15) is 5.10 Å². The van der Waals surface area contributed by atoms with E-state index in [9.17, 15) is 9.59 Å². The first-order chi connectivity index (χ1) is 14.3. The fourth-order valence-electron chi connectivity index (χ4n) is 3.01. The fourth-order valence-corrected chi connectivity index (χ4v) is 3.01.